The van der Waals surface area contributed by atoms with Gasteiger partial charge in [0.05, 0.1) is 0 Å². The number of nitrogen functional groups attached to an aromatic ring is 1. The highest BCUT2D eigenvalue weighted by Gasteiger charge is 2.11. The van der Waals surface area contributed by atoms with Crippen molar-refractivity contribution in [1.29, 1.82) is 0 Å². The molecule has 0 atom stereocenters. The summed E-state index contributed by atoms with van der Waals surface area (Å²) in [6.45, 7) is 11.6. The smallest absolute Gasteiger partial charge is 0.0347 e. The first-order valence-corrected chi connectivity index (χ1v) is 5.41. The number of hydrogen-bond acceptors (Lipinski definition) is 2. The Morgan fingerprint density at radius 3 is 2.33 bits per heavy atom. The molecule has 1 aromatic rings. The summed E-state index contributed by atoms with van der Waals surface area (Å²) >= 11 is 0. The number of aryl methyl sites for hydroxylation is 1. The molecule has 1 rings (SSSR count). The van der Waals surface area contributed by atoms with E-state index in [4.69, 9.17) is 5.73 Å². The Hall–Kier alpha value is -1.02. The topological polar surface area (TPSA) is 38.0 Å². The molecule has 1 aromatic carbocycles. The second kappa shape index (κ2) is 4.23. The molecule has 3 N–H and O–H groups in total. The predicted molar refractivity (Wildman–Crippen MR) is 66.9 cm³/mol. The Balaban J connectivity index is 2.90. The van der Waals surface area contributed by atoms with Crippen LogP contribution >= 0.6 is 0 Å². The number of nitrogens with two attached hydrogens (primary N) is 1. The summed E-state index contributed by atoms with van der Waals surface area (Å²) in [5, 5.41) is 3.49. The molecule has 0 saturated heterocycles. The van der Waals surface area contributed by atoms with Crippen LogP contribution in [0.4, 0.5) is 5.69 Å². The van der Waals surface area contributed by atoms with E-state index in [0.29, 0.717) is 0 Å². The van der Waals surface area contributed by atoms with Gasteiger partial charge in [0.15, 0.2) is 0 Å². The van der Waals surface area contributed by atoms with Crippen molar-refractivity contribution in [3.05, 3.63) is 28.8 Å². The van der Waals surface area contributed by atoms with E-state index in [-0.39, 0.29) is 5.54 Å². The van der Waals surface area contributed by atoms with E-state index in [1.807, 2.05) is 6.07 Å². The Labute approximate surface area is 92.9 Å². The predicted octanol–water partition coefficient (Wildman–Crippen LogP) is 2.77. The minimum Gasteiger partial charge on any atom is -0.399 e. The number of hydrogen-bond donors (Lipinski definition) is 2. The zero-order chi connectivity index (χ0) is 11.6. The molecule has 0 saturated carbocycles. The molecule has 0 unspecified atom stereocenters. The molecule has 15 heavy (non-hydrogen) atoms. The SMILES string of the molecule is Cc1ccc(N)c(C)c1CNC(C)(C)C. The summed E-state index contributed by atoms with van der Waals surface area (Å²) in [5.41, 5.74) is 10.8. The van der Waals surface area contributed by atoms with Gasteiger partial charge in [-0.05, 0) is 57.4 Å². The normalized spacial score (nSPS) is 11.8. The van der Waals surface area contributed by atoms with Crippen LogP contribution in [0.15, 0.2) is 12.1 Å². The molecule has 0 spiro atoms. The van der Waals surface area contributed by atoms with Gasteiger partial charge in [0.2, 0.25) is 0 Å². The maximum atomic E-state index is 5.90. The molecule has 0 aliphatic carbocycles. The third kappa shape index (κ3) is 3.24. The van der Waals surface area contributed by atoms with Gasteiger partial charge in [-0.2, -0.15) is 0 Å². The van der Waals surface area contributed by atoms with Crippen LogP contribution in [0, 0.1) is 13.8 Å². The quantitative estimate of drug-likeness (QED) is 0.730. The Morgan fingerprint density at radius 1 is 1.20 bits per heavy atom. The van der Waals surface area contributed by atoms with Crippen molar-refractivity contribution in [3.63, 3.8) is 0 Å². The summed E-state index contributed by atoms with van der Waals surface area (Å²) < 4.78 is 0. The molecule has 0 aromatic heterocycles. The van der Waals surface area contributed by atoms with Crippen molar-refractivity contribution in [3.8, 4) is 0 Å². The lowest BCUT2D eigenvalue weighted by atomic mass is 10.00. The van der Waals surface area contributed by atoms with E-state index in [0.717, 1.165) is 12.2 Å². The molecule has 0 bridgehead atoms. The van der Waals surface area contributed by atoms with Crippen LogP contribution in [-0.4, -0.2) is 5.54 Å². The van der Waals surface area contributed by atoms with Crippen molar-refractivity contribution in [2.75, 3.05) is 5.73 Å². The first kappa shape index (κ1) is 12.1. The molecule has 2 heteroatoms. The molecule has 0 fully saturated rings. The van der Waals surface area contributed by atoms with Gasteiger partial charge in [-0.25, -0.2) is 0 Å². The molecule has 84 valence electrons. The molecular weight excluding hydrogens is 184 g/mol. The second-order valence-electron chi connectivity index (χ2n) is 5.18. The number of rotatable bonds is 2. The van der Waals surface area contributed by atoms with Gasteiger partial charge in [-0.1, -0.05) is 6.07 Å². The molecule has 2 nitrogen and oxygen atoms in total. The van der Waals surface area contributed by atoms with Gasteiger partial charge in [0.1, 0.15) is 0 Å². The molecule has 0 radical (unpaired) electrons. The van der Waals surface area contributed by atoms with E-state index in [2.05, 4.69) is 46.0 Å². The first-order valence-electron chi connectivity index (χ1n) is 5.41. The van der Waals surface area contributed by atoms with E-state index in [9.17, 15) is 0 Å². The lowest BCUT2D eigenvalue weighted by molar-refractivity contribution is 0.423. The largest absolute Gasteiger partial charge is 0.399 e. The van der Waals surface area contributed by atoms with Crippen molar-refractivity contribution in [2.24, 2.45) is 0 Å². The molecule has 0 heterocycles. The lowest BCUT2D eigenvalue weighted by Gasteiger charge is -2.22. The van der Waals surface area contributed by atoms with Crippen molar-refractivity contribution in [2.45, 2.75) is 46.7 Å². The Kier molecular flexibility index (Phi) is 3.40. The summed E-state index contributed by atoms with van der Waals surface area (Å²) in [7, 11) is 0. The van der Waals surface area contributed by atoms with Crippen LogP contribution in [0.25, 0.3) is 0 Å². The molecule has 0 amide bonds. The monoisotopic (exact) mass is 206 g/mol. The van der Waals surface area contributed by atoms with E-state index < -0.39 is 0 Å². The van der Waals surface area contributed by atoms with E-state index >= 15 is 0 Å². The number of benzene rings is 1. The summed E-state index contributed by atoms with van der Waals surface area (Å²) in [5.74, 6) is 0. The van der Waals surface area contributed by atoms with Crippen molar-refractivity contribution >= 4 is 5.69 Å². The zero-order valence-corrected chi connectivity index (χ0v) is 10.4. The van der Waals surface area contributed by atoms with Crippen LogP contribution < -0.4 is 11.1 Å². The highest BCUT2D eigenvalue weighted by atomic mass is 14.9. The van der Waals surface area contributed by atoms with Gasteiger partial charge >= 0.3 is 0 Å². The van der Waals surface area contributed by atoms with E-state index in [1.54, 1.807) is 0 Å². The van der Waals surface area contributed by atoms with Gasteiger partial charge in [-0.3, -0.25) is 0 Å². The highest BCUT2D eigenvalue weighted by Crippen LogP contribution is 2.20. The second-order valence-corrected chi connectivity index (χ2v) is 5.18. The fraction of sp³-hybridized carbons (Fsp3) is 0.538. The maximum absolute atomic E-state index is 5.90. The van der Waals surface area contributed by atoms with Crippen LogP contribution in [0.1, 0.15) is 37.5 Å². The van der Waals surface area contributed by atoms with Gasteiger partial charge in [0.25, 0.3) is 0 Å². The minimum absolute atomic E-state index is 0.142. The molecule has 0 aliphatic rings. The fourth-order valence-electron chi connectivity index (χ4n) is 1.54. The average Bonchev–Trinajstić information content (AvgIpc) is 2.10. The highest BCUT2D eigenvalue weighted by molar-refractivity contribution is 5.52. The third-order valence-corrected chi connectivity index (χ3v) is 2.67. The Bertz CT molecular complexity index is 348. The number of nitrogens with one attached hydrogen (secondary N) is 1. The van der Waals surface area contributed by atoms with Crippen molar-refractivity contribution < 1.29 is 0 Å². The zero-order valence-electron chi connectivity index (χ0n) is 10.4. The minimum atomic E-state index is 0.142. The summed E-state index contributed by atoms with van der Waals surface area (Å²) in [6.07, 6.45) is 0. The first-order chi connectivity index (χ1) is 6.81. The lowest BCUT2D eigenvalue weighted by Crippen LogP contribution is -2.35. The molecule has 0 aliphatic heterocycles. The van der Waals surface area contributed by atoms with Gasteiger partial charge in [0, 0.05) is 17.8 Å². The molecular formula is C13H22N2. The van der Waals surface area contributed by atoms with Crippen LogP contribution in [0.2, 0.25) is 0 Å². The Morgan fingerprint density at radius 2 is 1.80 bits per heavy atom. The summed E-state index contributed by atoms with van der Waals surface area (Å²) in [6, 6.07) is 4.06. The van der Waals surface area contributed by atoms with Crippen LogP contribution in [0.3, 0.4) is 0 Å². The van der Waals surface area contributed by atoms with E-state index in [1.165, 1.54) is 16.7 Å². The van der Waals surface area contributed by atoms with Crippen molar-refractivity contribution in [1.82, 2.24) is 5.32 Å². The van der Waals surface area contributed by atoms with Crippen LogP contribution in [0.5, 0.6) is 0 Å². The van der Waals surface area contributed by atoms with Gasteiger partial charge < -0.3 is 11.1 Å². The standard InChI is InChI=1S/C13H22N2/c1-9-6-7-12(14)10(2)11(9)8-15-13(3,4)5/h6-7,15H,8,14H2,1-5H3. The summed E-state index contributed by atoms with van der Waals surface area (Å²) in [4.78, 5) is 0. The average molecular weight is 206 g/mol. The fourth-order valence-corrected chi connectivity index (χ4v) is 1.54. The van der Waals surface area contributed by atoms with Gasteiger partial charge in [-0.15, -0.1) is 0 Å². The third-order valence-electron chi connectivity index (χ3n) is 2.67. The number of anilines is 1. The maximum Gasteiger partial charge on any atom is 0.0347 e. The van der Waals surface area contributed by atoms with Crippen LogP contribution in [-0.2, 0) is 6.54 Å².